The number of imidazole rings is 1. The smallest absolute Gasteiger partial charge is 0.231 e. The summed E-state index contributed by atoms with van der Waals surface area (Å²) in [5.74, 6) is 2.52. The largest absolute Gasteiger partial charge is 0.454 e. The molecule has 5 heteroatoms. The van der Waals surface area contributed by atoms with Crippen molar-refractivity contribution in [1.82, 2.24) is 9.55 Å². The van der Waals surface area contributed by atoms with Gasteiger partial charge in [-0.2, -0.15) is 0 Å². The van der Waals surface area contributed by atoms with Gasteiger partial charge in [-0.15, -0.1) is 0 Å². The third-order valence-electron chi connectivity index (χ3n) is 3.14. The summed E-state index contributed by atoms with van der Waals surface area (Å²) in [7, 11) is 0. The number of aryl methyl sites for hydroxylation is 1. The van der Waals surface area contributed by atoms with E-state index in [1.165, 1.54) is 0 Å². The van der Waals surface area contributed by atoms with E-state index in [1.807, 2.05) is 35.9 Å². The Kier molecular flexibility index (Phi) is 2.68. The molecule has 2 N–H and O–H groups in total. The number of nitrogens with zero attached hydrogens (tertiary/aromatic N) is 2. The normalized spacial score (nSPS) is 14.8. The van der Waals surface area contributed by atoms with Crippen LogP contribution in [0.3, 0.4) is 0 Å². The van der Waals surface area contributed by atoms with Gasteiger partial charge in [-0.1, -0.05) is 6.07 Å². The van der Waals surface area contributed by atoms with E-state index in [0.717, 1.165) is 22.9 Å². The van der Waals surface area contributed by atoms with Crippen LogP contribution in [0, 0.1) is 6.92 Å². The van der Waals surface area contributed by atoms with Crippen molar-refractivity contribution in [1.29, 1.82) is 0 Å². The topological polar surface area (TPSA) is 62.3 Å². The summed E-state index contributed by atoms with van der Waals surface area (Å²) in [6, 6.07) is 5.73. The second kappa shape index (κ2) is 4.34. The van der Waals surface area contributed by atoms with E-state index in [0.29, 0.717) is 6.54 Å². The molecule has 94 valence electrons. The van der Waals surface area contributed by atoms with Crippen LogP contribution >= 0.6 is 0 Å². The number of fused-ring (bicyclic) bond motifs is 1. The summed E-state index contributed by atoms with van der Waals surface area (Å²) in [6.07, 6.45) is 3.71. The molecule has 1 aromatic carbocycles. The third-order valence-corrected chi connectivity index (χ3v) is 3.14. The molecule has 1 unspecified atom stereocenters. The van der Waals surface area contributed by atoms with Crippen molar-refractivity contribution in [3.05, 3.63) is 42.0 Å². The molecule has 18 heavy (non-hydrogen) atoms. The molecular formula is C13H15N3O2. The summed E-state index contributed by atoms with van der Waals surface area (Å²) in [5, 5.41) is 0. The number of rotatable bonds is 3. The fourth-order valence-electron chi connectivity index (χ4n) is 2.06. The number of hydrogen-bond donors (Lipinski definition) is 1. The molecule has 3 rings (SSSR count). The minimum atomic E-state index is -0.0904. The predicted molar refractivity (Wildman–Crippen MR) is 66.5 cm³/mol. The monoisotopic (exact) mass is 245 g/mol. The molecule has 2 heterocycles. The highest BCUT2D eigenvalue weighted by Gasteiger charge is 2.16. The van der Waals surface area contributed by atoms with Crippen LogP contribution in [0.4, 0.5) is 0 Å². The number of aromatic nitrogens is 2. The zero-order valence-electron chi connectivity index (χ0n) is 10.2. The Morgan fingerprint density at radius 1 is 1.39 bits per heavy atom. The molecule has 0 spiro atoms. The van der Waals surface area contributed by atoms with Crippen LogP contribution in [0.25, 0.3) is 0 Å². The van der Waals surface area contributed by atoms with Gasteiger partial charge in [-0.25, -0.2) is 4.98 Å². The minimum Gasteiger partial charge on any atom is -0.454 e. The molecule has 0 saturated carbocycles. The van der Waals surface area contributed by atoms with E-state index >= 15 is 0 Å². The predicted octanol–water partition coefficient (Wildman–Crippen LogP) is 1.62. The summed E-state index contributed by atoms with van der Waals surface area (Å²) in [5.41, 5.74) is 7.24. The van der Waals surface area contributed by atoms with E-state index in [4.69, 9.17) is 15.2 Å². The van der Waals surface area contributed by atoms with E-state index in [9.17, 15) is 0 Å². The standard InChI is InChI=1S/C13H15N3O2/c1-9-15-4-5-16(9)7-11(14)10-2-3-12-13(6-10)18-8-17-12/h2-6,11H,7-8,14H2,1H3. The molecule has 1 aliphatic heterocycles. The Morgan fingerprint density at radius 3 is 3.00 bits per heavy atom. The Bertz CT molecular complexity index is 565. The number of hydrogen-bond acceptors (Lipinski definition) is 4. The highest BCUT2D eigenvalue weighted by Crippen LogP contribution is 2.34. The Morgan fingerprint density at radius 2 is 2.22 bits per heavy atom. The van der Waals surface area contributed by atoms with Gasteiger partial charge in [0.05, 0.1) is 0 Å². The van der Waals surface area contributed by atoms with Crippen molar-refractivity contribution in [3.8, 4) is 11.5 Å². The maximum atomic E-state index is 6.20. The zero-order chi connectivity index (χ0) is 12.5. The Labute approximate surface area is 105 Å². The highest BCUT2D eigenvalue weighted by molar-refractivity contribution is 5.45. The first-order chi connectivity index (χ1) is 8.74. The second-order valence-electron chi connectivity index (χ2n) is 4.35. The first kappa shape index (κ1) is 11.1. The molecule has 0 radical (unpaired) electrons. The molecule has 1 atom stereocenters. The van der Waals surface area contributed by atoms with Gasteiger partial charge in [-0.05, 0) is 24.6 Å². The fraction of sp³-hybridized carbons (Fsp3) is 0.308. The lowest BCUT2D eigenvalue weighted by Gasteiger charge is -2.14. The highest BCUT2D eigenvalue weighted by atomic mass is 16.7. The van der Waals surface area contributed by atoms with E-state index in [1.54, 1.807) is 6.20 Å². The molecule has 2 aromatic rings. The molecule has 5 nitrogen and oxygen atoms in total. The van der Waals surface area contributed by atoms with Gasteiger partial charge < -0.3 is 19.8 Å². The molecule has 0 fully saturated rings. The number of nitrogens with two attached hydrogens (primary N) is 1. The lowest BCUT2D eigenvalue weighted by atomic mass is 10.1. The first-order valence-corrected chi connectivity index (χ1v) is 5.87. The maximum Gasteiger partial charge on any atom is 0.231 e. The lowest BCUT2D eigenvalue weighted by Crippen LogP contribution is -2.17. The average molecular weight is 245 g/mol. The molecule has 0 aliphatic carbocycles. The van der Waals surface area contributed by atoms with E-state index in [2.05, 4.69) is 4.98 Å². The van der Waals surface area contributed by atoms with Gasteiger partial charge in [0.1, 0.15) is 5.82 Å². The SMILES string of the molecule is Cc1nccn1CC(N)c1ccc2c(c1)OCO2. The summed E-state index contributed by atoms with van der Waals surface area (Å²) in [6.45, 7) is 2.95. The average Bonchev–Trinajstić information content (AvgIpc) is 2.98. The maximum absolute atomic E-state index is 6.20. The first-order valence-electron chi connectivity index (χ1n) is 5.87. The van der Waals surface area contributed by atoms with Crippen LogP contribution in [-0.4, -0.2) is 16.3 Å². The van der Waals surface area contributed by atoms with Crippen molar-refractivity contribution in [2.24, 2.45) is 5.73 Å². The molecule has 1 aromatic heterocycles. The third kappa shape index (κ3) is 1.93. The van der Waals surface area contributed by atoms with Gasteiger partial charge in [-0.3, -0.25) is 0 Å². The van der Waals surface area contributed by atoms with E-state index < -0.39 is 0 Å². The minimum absolute atomic E-state index is 0.0904. The quantitative estimate of drug-likeness (QED) is 0.892. The van der Waals surface area contributed by atoms with Gasteiger partial charge >= 0.3 is 0 Å². The summed E-state index contributed by atoms with van der Waals surface area (Å²) in [4.78, 5) is 4.18. The zero-order valence-corrected chi connectivity index (χ0v) is 10.2. The van der Waals surface area contributed by atoms with Crippen molar-refractivity contribution in [2.75, 3.05) is 6.79 Å². The molecule has 0 bridgehead atoms. The summed E-state index contributed by atoms with van der Waals surface area (Å²) >= 11 is 0. The molecule has 0 saturated heterocycles. The van der Waals surface area contributed by atoms with Gasteiger partial charge in [0, 0.05) is 25.0 Å². The Balaban J connectivity index is 1.80. The van der Waals surface area contributed by atoms with Gasteiger partial charge in [0.2, 0.25) is 6.79 Å². The van der Waals surface area contributed by atoms with Crippen LogP contribution in [-0.2, 0) is 6.54 Å². The number of ether oxygens (including phenoxy) is 2. The van der Waals surface area contributed by atoms with Crippen molar-refractivity contribution < 1.29 is 9.47 Å². The summed E-state index contributed by atoms with van der Waals surface area (Å²) < 4.78 is 12.7. The molecular weight excluding hydrogens is 230 g/mol. The van der Waals surface area contributed by atoms with Gasteiger partial charge in [0.15, 0.2) is 11.5 Å². The Hall–Kier alpha value is -2.01. The van der Waals surface area contributed by atoms with Crippen LogP contribution in [0.2, 0.25) is 0 Å². The van der Waals surface area contributed by atoms with Crippen LogP contribution in [0.1, 0.15) is 17.4 Å². The van der Waals surface area contributed by atoms with Crippen LogP contribution in [0.5, 0.6) is 11.5 Å². The number of benzene rings is 1. The van der Waals surface area contributed by atoms with Crippen molar-refractivity contribution in [2.45, 2.75) is 19.5 Å². The second-order valence-corrected chi connectivity index (χ2v) is 4.35. The fourth-order valence-corrected chi connectivity index (χ4v) is 2.06. The van der Waals surface area contributed by atoms with Crippen molar-refractivity contribution >= 4 is 0 Å². The lowest BCUT2D eigenvalue weighted by molar-refractivity contribution is 0.174. The van der Waals surface area contributed by atoms with E-state index in [-0.39, 0.29) is 12.8 Å². The van der Waals surface area contributed by atoms with Gasteiger partial charge in [0.25, 0.3) is 0 Å². The van der Waals surface area contributed by atoms with Crippen molar-refractivity contribution in [3.63, 3.8) is 0 Å². The molecule has 0 amide bonds. The van der Waals surface area contributed by atoms with Crippen LogP contribution in [0.15, 0.2) is 30.6 Å². The van der Waals surface area contributed by atoms with Crippen LogP contribution < -0.4 is 15.2 Å². The molecule has 1 aliphatic rings.